The van der Waals surface area contributed by atoms with Crippen LogP contribution in [0.3, 0.4) is 0 Å². The van der Waals surface area contributed by atoms with E-state index in [-0.39, 0.29) is 19.8 Å². The van der Waals surface area contributed by atoms with Gasteiger partial charge in [-0.1, -0.05) is 19.3 Å². The summed E-state index contributed by atoms with van der Waals surface area (Å²) in [7, 11) is 0. The van der Waals surface area contributed by atoms with Gasteiger partial charge < -0.3 is 20.6 Å². The molecule has 1 aliphatic carbocycles. The van der Waals surface area contributed by atoms with E-state index < -0.39 is 5.54 Å². The molecular weight excluding hydrogens is 194 g/mol. The van der Waals surface area contributed by atoms with Gasteiger partial charge >= 0.3 is 0 Å². The van der Waals surface area contributed by atoms with Crippen molar-refractivity contribution in [1.82, 2.24) is 5.32 Å². The van der Waals surface area contributed by atoms with E-state index in [4.69, 9.17) is 15.3 Å². The fourth-order valence-corrected chi connectivity index (χ4v) is 2.07. The minimum absolute atomic E-state index is 0.229. The summed E-state index contributed by atoms with van der Waals surface area (Å²) in [6.45, 7) is 0.0911. The van der Waals surface area contributed by atoms with Crippen molar-refractivity contribution < 1.29 is 15.3 Å². The standard InChI is InChI=1S/C11H23NO3/c13-7-11(8-14,9-15)12-6-10-4-2-1-3-5-10/h10,12-15H,1-9H2. The van der Waals surface area contributed by atoms with Crippen LogP contribution in [0.1, 0.15) is 32.1 Å². The zero-order chi connectivity index (χ0) is 11.1. The van der Waals surface area contributed by atoms with Crippen LogP contribution in [0.25, 0.3) is 0 Å². The zero-order valence-corrected chi connectivity index (χ0v) is 9.28. The molecule has 0 amide bonds. The lowest BCUT2D eigenvalue weighted by molar-refractivity contribution is 0.0386. The van der Waals surface area contributed by atoms with Gasteiger partial charge in [-0.15, -0.1) is 0 Å². The zero-order valence-electron chi connectivity index (χ0n) is 9.28. The van der Waals surface area contributed by atoms with Gasteiger partial charge in [0.15, 0.2) is 0 Å². The average molecular weight is 217 g/mol. The molecule has 90 valence electrons. The molecule has 15 heavy (non-hydrogen) atoms. The van der Waals surface area contributed by atoms with Gasteiger partial charge in [0, 0.05) is 0 Å². The first-order valence-electron chi connectivity index (χ1n) is 5.84. The Hall–Kier alpha value is -0.160. The summed E-state index contributed by atoms with van der Waals surface area (Å²) >= 11 is 0. The predicted octanol–water partition coefficient (Wildman–Crippen LogP) is -0.128. The van der Waals surface area contributed by atoms with Gasteiger partial charge in [-0.3, -0.25) is 0 Å². The molecule has 0 aromatic carbocycles. The van der Waals surface area contributed by atoms with Crippen molar-refractivity contribution in [3.63, 3.8) is 0 Å². The van der Waals surface area contributed by atoms with Gasteiger partial charge in [-0.2, -0.15) is 0 Å². The highest BCUT2D eigenvalue weighted by atomic mass is 16.3. The Labute approximate surface area is 91.3 Å². The van der Waals surface area contributed by atoms with Crippen molar-refractivity contribution in [2.24, 2.45) is 5.92 Å². The lowest BCUT2D eigenvalue weighted by Crippen LogP contribution is -2.56. The third-order valence-electron chi connectivity index (χ3n) is 3.40. The normalized spacial score (nSPS) is 19.4. The molecule has 0 heterocycles. The van der Waals surface area contributed by atoms with Crippen LogP contribution in [0.15, 0.2) is 0 Å². The van der Waals surface area contributed by atoms with Gasteiger partial charge in [0.2, 0.25) is 0 Å². The van der Waals surface area contributed by atoms with Crippen molar-refractivity contribution in [2.75, 3.05) is 26.4 Å². The van der Waals surface area contributed by atoms with Crippen LogP contribution < -0.4 is 5.32 Å². The molecule has 0 saturated heterocycles. The molecule has 0 aromatic heterocycles. The maximum Gasteiger partial charge on any atom is 0.0881 e. The molecule has 4 nitrogen and oxygen atoms in total. The number of hydrogen-bond acceptors (Lipinski definition) is 4. The van der Waals surface area contributed by atoms with Gasteiger partial charge in [0.1, 0.15) is 0 Å². The summed E-state index contributed by atoms with van der Waals surface area (Å²) < 4.78 is 0. The number of rotatable bonds is 6. The summed E-state index contributed by atoms with van der Waals surface area (Å²) in [5, 5.41) is 30.5. The van der Waals surface area contributed by atoms with Crippen LogP contribution in [0.2, 0.25) is 0 Å². The Morgan fingerprint density at radius 2 is 1.47 bits per heavy atom. The Bertz CT molecular complexity index is 157. The first kappa shape index (κ1) is 12.9. The topological polar surface area (TPSA) is 72.7 Å². The van der Waals surface area contributed by atoms with E-state index in [1.807, 2.05) is 0 Å². The van der Waals surface area contributed by atoms with E-state index in [2.05, 4.69) is 5.32 Å². The van der Waals surface area contributed by atoms with Gasteiger partial charge in [-0.05, 0) is 25.3 Å². The van der Waals surface area contributed by atoms with Crippen molar-refractivity contribution in [2.45, 2.75) is 37.6 Å². The van der Waals surface area contributed by atoms with E-state index >= 15 is 0 Å². The summed E-state index contributed by atoms with van der Waals surface area (Å²) in [4.78, 5) is 0. The summed E-state index contributed by atoms with van der Waals surface area (Å²) in [5.41, 5.74) is -0.905. The summed E-state index contributed by atoms with van der Waals surface area (Å²) in [5.74, 6) is 0.628. The van der Waals surface area contributed by atoms with Crippen LogP contribution in [-0.4, -0.2) is 47.2 Å². The maximum atomic E-state index is 9.12. The summed E-state index contributed by atoms with van der Waals surface area (Å²) in [6, 6.07) is 0. The third kappa shape index (κ3) is 3.72. The van der Waals surface area contributed by atoms with Crippen LogP contribution in [0.4, 0.5) is 0 Å². The third-order valence-corrected chi connectivity index (χ3v) is 3.40. The Kier molecular flexibility index (Phi) is 5.53. The van der Waals surface area contributed by atoms with Gasteiger partial charge in [0.25, 0.3) is 0 Å². The number of aliphatic hydroxyl groups excluding tert-OH is 3. The fraction of sp³-hybridized carbons (Fsp3) is 1.00. The Morgan fingerprint density at radius 1 is 0.933 bits per heavy atom. The molecule has 1 rings (SSSR count). The average Bonchev–Trinajstić information content (AvgIpc) is 2.33. The van der Waals surface area contributed by atoms with Crippen molar-refractivity contribution in [3.05, 3.63) is 0 Å². The quantitative estimate of drug-likeness (QED) is 0.500. The van der Waals surface area contributed by atoms with Crippen LogP contribution in [0.5, 0.6) is 0 Å². The van der Waals surface area contributed by atoms with Crippen molar-refractivity contribution in [1.29, 1.82) is 0 Å². The second kappa shape index (κ2) is 6.43. The van der Waals surface area contributed by atoms with E-state index in [1.165, 1.54) is 32.1 Å². The molecule has 0 radical (unpaired) electrons. The SMILES string of the molecule is OCC(CO)(CO)NCC1CCCCC1. The highest BCUT2D eigenvalue weighted by Gasteiger charge is 2.28. The molecule has 0 aromatic rings. The van der Waals surface area contributed by atoms with E-state index in [1.54, 1.807) is 0 Å². The fourth-order valence-electron chi connectivity index (χ4n) is 2.07. The molecule has 0 spiro atoms. The maximum absolute atomic E-state index is 9.12. The number of hydrogen-bond donors (Lipinski definition) is 4. The second-order valence-corrected chi connectivity index (χ2v) is 4.64. The highest BCUT2D eigenvalue weighted by molar-refractivity contribution is 4.87. The molecule has 4 heteroatoms. The molecule has 1 saturated carbocycles. The van der Waals surface area contributed by atoms with Crippen LogP contribution in [0, 0.1) is 5.92 Å². The van der Waals surface area contributed by atoms with Crippen LogP contribution in [-0.2, 0) is 0 Å². The monoisotopic (exact) mass is 217 g/mol. The molecular formula is C11H23NO3. The minimum Gasteiger partial charge on any atom is -0.394 e. The second-order valence-electron chi connectivity index (χ2n) is 4.64. The Balaban J connectivity index is 2.31. The molecule has 0 unspecified atom stereocenters. The highest BCUT2D eigenvalue weighted by Crippen LogP contribution is 2.23. The van der Waals surface area contributed by atoms with E-state index in [0.717, 1.165) is 6.54 Å². The molecule has 1 fully saturated rings. The lowest BCUT2D eigenvalue weighted by Gasteiger charge is -2.32. The first-order chi connectivity index (χ1) is 7.26. The summed E-state index contributed by atoms with van der Waals surface area (Å²) in [6.07, 6.45) is 6.30. The molecule has 1 aliphatic rings. The van der Waals surface area contributed by atoms with Crippen molar-refractivity contribution >= 4 is 0 Å². The largest absolute Gasteiger partial charge is 0.394 e. The predicted molar refractivity (Wildman–Crippen MR) is 58.6 cm³/mol. The van der Waals surface area contributed by atoms with Gasteiger partial charge in [0.05, 0.1) is 25.4 Å². The minimum atomic E-state index is -0.905. The molecule has 0 bridgehead atoms. The molecule has 0 atom stereocenters. The lowest BCUT2D eigenvalue weighted by atomic mass is 9.88. The first-order valence-corrected chi connectivity index (χ1v) is 5.84. The molecule has 0 aliphatic heterocycles. The Morgan fingerprint density at radius 3 is 1.93 bits per heavy atom. The van der Waals surface area contributed by atoms with Crippen molar-refractivity contribution in [3.8, 4) is 0 Å². The van der Waals surface area contributed by atoms with Gasteiger partial charge in [-0.25, -0.2) is 0 Å². The smallest absolute Gasteiger partial charge is 0.0881 e. The number of aliphatic hydroxyl groups is 3. The number of nitrogens with one attached hydrogen (secondary N) is 1. The van der Waals surface area contributed by atoms with Crippen LogP contribution >= 0.6 is 0 Å². The molecule has 4 N–H and O–H groups in total. The van der Waals surface area contributed by atoms with E-state index in [9.17, 15) is 0 Å². The van der Waals surface area contributed by atoms with E-state index in [0.29, 0.717) is 5.92 Å².